The van der Waals surface area contributed by atoms with E-state index in [9.17, 15) is 18.0 Å². The average Bonchev–Trinajstić information content (AvgIpc) is 2.66. The fraction of sp³-hybridized carbons (Fsp3) is 0.444. The van der Waals surface area contributed by atoms with Crippen LogP contribution in [0.5, 0.6) is 0 Å². The van der Waals surface area contributed by atoms with Crippen molar-refractivity contribution in [3.63, 3.8) is 0 Å². The molecule has 2 heterocycles. The van der Waals surface area contributed by atoms with Crippen molar-refractivity contribution in [1.29, 1.82) is 0 Å². The number of carbonyl (C=O) groups is 1. The molecular weight excluding hydrogens is 347 g/mol. The molecule has 12 heteroatoms. The smallest absolute Gasteiger partial charge is 0.328 e. The first kappa shape index (κ1) is 16.0. The fourth-order valence-electron chi connectivity index (χ4n) is 1.70. The SMILES string of the molecule is CCOC(=O)CN1Cn2c(=O)[nH]c(=C(Cl)Cl)c2=NS1(=O)=O. The lowest BCUT2D eigenvalue weighted by molar-refractivity contribution is -0.143. The van der Waals surface area contributed by atoms with Crippen LogP contribution in [0.1, 0.15) is 6.92 Å². The standard InChI is InChI=1S/C9H10Cl2N4O5S/c1-2-20-5(16)3-14-4-15-8(13-21(14,18)19)6(7(10)11)12-9(15)17/h2-4H2,1H3,(H,12,17). The molecule has 116 valence electrons. The number of rotatable bonds is 3. The van der Waals surface area contributed by atoms with E-state index in [4.69, 9.17) is 23.2 Å². The van der Waals surface area contributed by atoms with Crippen LogP contribution in [0, 0.1) is 0 Å². The summed E-state index contributed by atoms with van der Waals surface area (Å²) in [6, 6.07) is 0. The highest BCUT2D eigenvalue weighted by Crippen LogP contribution is 2.08. The van der Waals surface area contributed by atoms with Gasteiger partial charge >= 0.3 is 21.9 Å². The predicted octanol–water partition coefficient (Wildman–Crippen LogP) is -1.58. The van der Waals surface area contributed by atoms with Crippen LogP contribution in [-0.2, 0) is 26.4 Å². The van der Waals surface area contributed by atoms with E-state index in [1.165, 1.54) is 0 Å². The van der Waals surface area contributed by atoms with Gasteiger partial charge in [-0.05, 0) is 6.92 Å². The van der Waals surface area contributed by atoms with Gasteiger partial charge in [-0.3, -0.25) is 9.36 Å². The summed E-state index contributed by atoms with van der Waals surface area (Å²) < 4.78 is 33.5. The minimum Gasteiger partial charge on any atom is -0.465 e. The van der Waals surface area contributed by atoms with E-state index in [-0.39, 0.29) is 21.9 Å². The van der Waals surface area contributed by atoms with Crippen LogP contribution in [0.25, 0.3) is 4.49 Å². The van der Waals surface area contributed by atoms with Crippen LogP contribution in [0.3, 0.4) is 0 Å². The number of H-pyrrole nitrogens is 1. The van der Waals surface area contributed by atoms with E-state index >= 15 is 0 Å². The molecule has 0 fully saturated rings. The Morgan fingerprint density at radius 2 is 2.14 bits per heavy atom. The van der Waals surface area contributed by atoms with Crippen molar-refractivity contribution in [3.8, 4) is 0 Å². The molecule has 0 saturated heterocycles. The van der Waals surface area contributed by atoms with Gasteiger partial charge in [-0.15, -0.1) is 4.40 Å². The molecule has 0 radical (unpaired) electrons. The van der Waals surface area contributed by atoms with Gasteiger partial charge < -0.3 is 9.72 Å². The second-order valence-corrected chi connectivity index (χ2v) is 6.49. The highest BCUT2D eigenvalue weighted by Gasteiger charge is 2.30. The third-order valence-corrected chi connectivity index (χ3v) is 4.26. The molecule has 0 aromatic carbocycles. The van der Waals surface area contributed by atoms with Crippen molar-refractivity contribution in [2.24, 2.45) is 4.40 Å². The number of halogens is 2. The van der Waals surface area contributed by atoms with Gasteiger partial charge in [0.1, 0.15) is 16.4 Å². The lowest BCUT2D eigenvalue weighted by Crippen LogP contribution is -2.48. The van der Waals surface area contributed by atoms with Crippen molar-refractivity contribution < 1.29 is 17.9 Å². The Morgan fingerprint density at radius 3 is 2.71 bits per heavy atom. The number of nitrogens with zero attached hydrogens (tertiary/aromatic N) is 3. The Morgan fingerprint density at radius 1 is 1.48 bits per heavy atom. The molecular formula is C9H10Cl2N4O5S. The molecule has 1 aromatic rings. The monoisotopic (exact) mass is 356 g/mol. The molecule has 0 saturated carbocycles. The van der Waals surface area contributed by atoms with Gasteiger partial charge in [-0.25, -0.2) is 4.79 Å². The lowest BCUT2D eigenvalue weighted by Gasteiger charge is -2.21. The summed E-state index contributed by atoms with van der Waals surface area (Å²) in [5, 5.41) is -0.0947. The molecule has 0 aliphatic carbocycles. The fourth-order valence-corrected chi connectivity index (χ4v) is 3.02. The highest BCUT2D eigenvalue weighted by atomic mass is 35.5. The number of hydrogen-bond acceptors (Lipinski definition) is 5. The van der Waals surface area contributed by atoms with Gasteiger partial charge in [0, 0.05) is 0 Å². The number of hydrogen-bond donors (Lipinski definition) is 1. The van der Waals surface area contributed by atoms with Crippen molar-refractivity contribution in [1.82, 2.24) is 13.9 Å². The van der Waals surface area contributed by atoms with Gasteiger partial charge in [0.15, 0.2) is 5.49 Å². The lowest BCUT2D eigenvalue weighted by atomic mass is 10.6. The first-order chi connectivity index (χ1) is 9.76. The van der Waals surface area contributed by atoms with Crippen LogP contribution < -0.4 is 16.5 Å². The third-order valence-electron chi connectivity index (χ3n) is 2.58. The summed E-state index contributed by atoms with van der Waals surface area (Å²) in [6.07, 6.45) is 0. The molecule has 21 heavy (non-hydrogen) atoms. The molecule has 0 bridgehead atoms. The molecule has 0 unspecified atom stereocenters. The van der Waals surface area contributed by atoms with Crippen molar-refractivity contribution in [3.05, 3.63) is 21.3 Å². The summed E-state index contributed by atoms with van der Waals surface area (Å²) in [4.78, 5) is 25.4. The Labute approximate surface area is 128 Å². The van der Waals surface area contributed by atoms with Crippen LogP contribution >= 0.6 is 23.2 Å². The highest BCUT2D eigenvalue weighted by molar-refractivity contribution is 7.87. The van der Waals surface area contributed by atoms with E-state index < -0.39 is 35.1 Å². The summed E-state index contributed by atoms with van der Waals surface area (Å²) in [5.41, 5.74) is -0.855. The van der Waals surface area contributed by atoms with Crippen molar-refractivity contribution in [2.45, 2.75) is 13.6 Å². The molecule has 0 amide bonds. The number of carbonyl (C=O) groups excluding carboxylic acids is 1. The summed E-state index contributed by atoms with van der Waals surface area (Å²) >= 11 is 11.1. The zero-order chi connectivity index (χ0) is 15.8. The van der Waals surface area contributed by atoms with Gasteiger partial charge in [0.25, 0.3) is 0 Å². The van der Waals surface area contributed by atoms with Gasteiger partial charge in [-0.2, -0.15) is 12.7 Å². The second-order valence-electron chi connectivity index (χ2n) is 3.94. The van der Waals surface area contributed by atoms with Crippen LogP contribution in [-0.4, -0.2) is 41.4 Å². The number of fused-ring (bicyclic) bond motifs is 1. The first-order valence-electron chi connectivity index (χ1n) is 5.66. The Kier molecular flexibility index (Phi) is 4.42. The van der Waals surface area contributed by atoms with Crippen LogP contribution in [0.4, 0.5) is 0 Å². The largest absolute Gasteiger partial charge is 0.465 e. The van der Waals surface area contributed by atoms with Crippen LogP contribution in [0.15, 0.2) is 9.19 Å². The minimum atomic E-state index is -4.15. The van der Waals surface area contributed by atoms with Gasteiger partial charge in [0.05, 0.1) is 13.3 Å². The molecule has 0 spiro atoms. The van der Waals surface area contributed by atoms with Crippen LogP contribution in [0.2, 0.25) is 0 Å². The molecule has 1 N–H and O–H groups in total. The van der Waals surface area contributed by atoms with Gasteiger partial charge in [0.2, 0.25) is 0 Å². The number of esters is 1. The number of ether oxygens (including phenoxy) is 1. The van der Waals surface area contributed by atoms with E-state index in [1.54, 1.807) is 6.92 Å². The first-order valence-corrected chi connectivity index (χ1v) is 7.81. The predicted molar refractivity (Wildman–Crippen MR) is 73.2 cm³/mol. The zero-order valence-electron chi connectivity index (χ0n) is 10.7. The molecule has 9 nitrogen and oxygen atoms in total. The number of aromatic nitrogens is 2. The van der Waals surface area contributed by atoms with Crippen molar-refractivity contribution in [2.75, 3.05) is 13.2 Å². The average molecular weight is 357 g/mol. The maximum atomic E-state index is 12.0. The molecule has 1 aliphatic rings. The summed E-state index contributed by atoms with van der Waals surface area (Å²) in [6.45, 7) is 0.757. The Bertz CT molecular complexity index is 852. The maximum absolute atomic E-state index is 12.0. The maximum Gasteiger partial charge on any atom is 0.328 e. The topological polar surface area (TPSA) is 114 Å². The molecule has 1 aromatic heterocycles. The minimum absolute atomic E-state index is 0.0947. The van der Waals surface area contributed by atoms with Gasteiger partial charge in [-0.1, -0.05) is 23.2 Å². The van der Waals surface area contributed by atoms with E-state index in [0.29, 0.717) is 4.31 Å². The number of imidazole rings is 1. The second kappa shape index (κ2) is 5.79. The summed E-state index contributed by atoms with van der Waals surface area (Å²) in [5.74, 6) is -0.745. The zero-order valence-corrected chi connectivity index (χ0v) is 13.0. The third kappa shape index (κ3) is 3.12. The van der Waals surface area contributed by atoms with Crippen molar-refractivity contribution >= 4 is 43.9 Å². The normalized spacial score (nSPS) is 16.9. The quantitative estimate of drug-likeness (QED) is 0.656. The number of aromatic amines is 1. The Balaban J connectivity index is 2.53. The molecule has 0 atom stereocenters. The van der Waals surface area contributed by atoms with E-state index in [1.807, 2.05) is 0 Å². The number of nitrogens with one attached hydrogen (secondary N) is 1. The van der Waals surface area contributed by atoms with E-state index in [0.717, 1.165) is 4.57 Å². The summed E-state index contributed by atoms with van der Waals surface area (Å²) in [7, 11) is -4.15. The molecule has 2 rings (SSSR count). The van der Waals surface area contributed by atoms with E-state index in [2.05, 4.69) is 14.1 Å². The Hall–Kier alpha value is -1.36. The molecule has 1 aliphatic heterocycles.